The zero-order valence-electron chi connectivity index (χ0n) is 12.6. The molecule has 1 heterocycles. The highest BCUT2D eigenvalue weighted by atomic mass is 16.3. The lowest BCUT2D eigenvalue weighted by molar-refractivity contribution is 0.00271. The third kappa shape index (κ3) is 1.73. The van der Waals surface area contributed by atoms with Gasteiger partial charge in [-0.25, -0.2) is 0 Å². The minimum Gasteiger partial charge on any atom is -0.507 e. The summed E-state index contributed by atoms with van der Waals surface area (Å²) in [7, 11) is 2.25. The molecule has 1 saturated carbocycles. The van der Waals surface area contributed by atoms with Crippen molar-refractivity contribution in [2.24, 2.45) is 5.92 Å². The zero-order valence-corrected chi connectivity index (χ0v) is 12.6. The number of likely N-dealkylation sites (N-methyl/N-ethyl adjacent to an activating group) is 1. The lowest BCUT2D eigenvalue weighted by atomic mass is 9.52. The largest absolute Gasteiger partial charge is 0.507 e. The van der Waals surface area contributed by atoms with Gasteiger partial charge in [-0.1, -0.05) is 12.8 Å². The highest BCUT2D eigenvalue weighted by Gasteiger charge is 2.53. The quantitative estimate of drug-likeness (QED) is 0.807. The van der Waals surface area contributed by atoms with Gasteiger partial charge in [0.25, 0.3) is 0 Å². The predicted molar refractivity (Wildman–Crippen MR) is 81.9 cm³/mol. The molecule has 1 unspecified atom stereocenters. The van der Waals surface area contributed by atoms with Crippen LogP contribution in [0.5, 0.6) is 5.75 Å². The van der Waals surface area contributed by atoms with Gasteiger partial charge in [-0.2, -0.15) is 0 Å². The molecule has 0 amide bonds. The van der Waals surface area contributed by atoms with E-state index in [4.69, 9.17) is 0 Å². The van der Waals surface area contributed by atoms with Crippen molar-refractivity contribution in [1.82, 2.24) is 4.90 Å². The van der Waals surface area contributed by atoms with Gasteiger partial charge in [-0.15, -0.1) is 0 Å². The molecule has 1 N–H and O–H groups in total. The highest BCUT2D eigenvalue weighted by molar-refractivity contribution is 5.80. The Bertz CT molecular complexity index is 597. The van der Waals surface area contributed by atoms with E-state index >= 15 is 0 Å². The van der Waals surface area contributed by atoms with Gasteiger partial charge in [0, 0.05) is 11.5 Å². The van der Waals surface area contributed by atoms with Crippen molar-refractivity contribution in [3.8, 4) is 5.75 Å². The number of nitrogens with zero attached hydrogens (tertiary/aromatic N) is 1. The maximum Gasteiger partial charge on any atom is 0.153 e. The van der Waals surface area contributed by atoms with Gasteiger partial charge in [-0.05, 0) is 68.5 Å². The molecule has 3 nitrogen and oxygen atoms in total. The lowest BCUT2D eigenvalue weighted by Gasteiger charge is -2.58. The van der Waals surface area contributed by atoms with E-state index in [2.05, 4.69) is 11.9 Å². The van der Waals surface area contributed by atoms with Crippen molar-refractivity contribution >= 4 is 6.29 Å². The van der Waals surface area contributed by atoms with Crippen LogP contribution in [0.1, 0.15) is 53.6 Å². The van der Waals surface area contributed by atoms with E-state index in [0.717, 1.165) is 25.2 Å². The molecule has 1 aromatic carbocycles. The Kier molecular flexibility index (Phi) is 2.90. The van der Waals surface area contributed by atoms with Crippen molar-refractivity contribution in [2.45, 2.75) is 50.0 Å². The first-order valence-corrected chi connectivity index (χ1v) is 8.17. The number of hydrogen-bond acceptors (Lipinski definition) is 3. The molecule has 3 atom stereocenters. The van der Waals surface area contributed by atoms with Gasteiger partial charge in [0.2, 0.25) is 0 Å². The standard InChI is InChI=1S/C18H23NO2/c1-19-7-6-18-5-3-2-4-14(18)16(19)9-12-8-13(11-20)17(21)10-15(12)18/h8,10-11,14,16,21H,2-7,9H2,1H3/t14?,16-,18-/m0/s1. The number of phenols is 1. The number of carbonyl (C=O) groups is 1. The smallest absolute Gasteiger partial charge is 0.153 e. The summed E-state index contributed by atoms with van der Waals surface area (Å²) in [6, 6.07) is 4.46. The van der Waals surface area contributed by atoms with Crippen LogP contribution in [0, 0.1) is 5.92 Å². The van der Waals surface area contributed by atoms with Crippen molar-refractivity contribution < 1.29 is 9.90 Å². The first kappa shape index (κ1) is 13.3. The van der Waals surface area contributed by atoms with E-state index in [9.17, 15) is 9.90 Å². The molecule has 1 saturated heterocycles. The summed E-state index contributed by atoms with van der Waals surface area (Å²) < 4.78 is 0. The van der Waals surface area contributed by atoms with E-state index in [1.807, 2.05) is 12.1 Å². The van der Waals surface area contributed by atoms with Crippen molar-refractivity contribution in [3.05, 3.63) is 28.8 Å². The minimum absolute atomic E-state index is 0.167. The Morgan fingerprint density at radius 1 is 1.33 bits per heavy atom. The Hall–Kier alpha value is -1.35. The fourth-order valence-electron chi connectivity index (χ4n) is 5.36. The maximum atomic E-state index is 11.1. The van der Waals surface area contributed by atoms with Crippen LogP contribution in [-0.2, 0) is 11.8 Å². The number of phenolic OH excluding ortho intramolecular Hbond substituents is 1. The molecule has 0 aromatic heterocycles. The number of hydrogen-bond donors (Lipinski definition) is 1. The van der Waals surface area contributed by atoms with Crippen LogP contribution in [0.25, 0.3) is 0 Å². The Balaban J connectivity index is 1.91. The van der Waals surface area contributed by atoms with Crippen LogP contribution < -0.4 is 0 Å². The highest BCUT2D eigenvalue weighted by Crippen LogP contribution is 2.56. The van der Waals surface area contributed by atoms with Gasteiger partial charge in [-0.3, -0.25) is 4.79 Å². The van der Waals surface area contributed by atoms with E-state index in [1.165, 1.54) is 43.2 Å². The van der Waals surface area contributed by atoms with Crippen LogP contribution in [-0.4, -0.2) is 35.9 Å². The number of aromatic hydroxyl groups is 1. The van der Waals surface area contributed by atoms with Gasteiger partial charge >= 0.3 is 0 Å². The van der Waals surface area contributed by atoms with Gasteiger partial charge < -0.3 is 10.0 Å². The number of rotatable bonds is 1. The number of likely N-dealkylation sites (tertiary alicyclic amines) is 1. The van der Waals surface area contributed by atoms with E-state index < -0.39 is 0 Å². The molecule has 1 aromatic rings. The second-order valence-electron chi connectivity index (χ2n) is 7.20. The average Bonchev–Trinajstić information content (AvgIpc) is 2.51. The summed E-state index contributed by atoms with van der Waals surface area (Å²) in [6.45, 7) is 1.15. The Morgan fingerprint density at radius 3 is 3.00 bits per heavy atom. The second-order valence-corrected chi connectivity index (χ2v) is 7.20. The van der Waals surface area contributed by atoms with Crippen molar-refractivity contribution in [2.75, 3.05) is 13.6 Å². The van der Waals surface area contributed by atoms with E-state index in [1.54, 1.807) is 0 Å². The molecule has 112 valence electrons. The van der Waals surface area contributed by atoms with Crippen LogP contribution in [0.4, 0.5) is 0 Å². The maximum absolute atomic E-state index is 11.1. The normalized spacial score (nSPS) is 34.9. The molecule has 2 fully saturated rings. The van der Waals surface area contributed by atoms with Crippen LogP contribution in [0.2, 0.25) is 0 Å². The molecule has 4 rings (SSSR count). The number of carbonyl (C=O) groups excluding carboxylic acids is 1. The first-order valence-electron chi connectivity index (χ1n) is 8.17. The fourth-order valence-corrected chi connectivity index (χ4v) is 5.36. The molecular formula is C18H23NO2. The Labute approximate surface area is 126 Å². The van der Waals surface area contributed by atoms with Gasteiger partial charge in [0.15, 0.2) is 6.29 Å². The van der Waals surface area contributed by atoms with Gasteiger partial charge in [0.05, 0.1) is 5.56 Å². The number of fused-ring (bicyclic) bond motifs is 1. The SMILES string of the molecule is CN1CC[C@@]23CCCCC2[C@@H]1Cc1cc(C=O)c(O)cc13. The predicted octanol–water partition coefficient (Wildman–Crippen LogP) is 2.89. The summed E-state index contributed by atoms with van der Waals surface area (Å²) in [6.07, 6.45) is 8.18. The first-order chi connectivity index (χ1) is 10.2. The molecule has 0 spiro atoms. The summed E-state index contributed by atoms with van der Waals surface area (Å²) >= 11 is 0. The molecule has 21 heavy (non-hydrogen) atoms. The summed E-state index contributed by atoms with van der Waals surface area (Å²) in [4.78, 5) is 13.7. The molecule has 3 aliphatic rings. The van der Waals surface area contributed by atoms with Crippen molar-refractivity contribution in [1.29, 1.82) is 0 Å². The topological polar surface area (TPSA) is 40.5 Å². The van der Waals surface area contributed by atoms with Crippen LogP contribution in [0.15, 0.2) is 12.1 Å². The molecule has 3 heteroatoms. The monoisotopic (exact) mass is 285 g/mol. The summed E-state index contributed by atoms with van der Waals surface area (Å²) in [5.41, 5.74) is 3.34. The third-order valence-electron chi connectivity index (χ3n) is 6.38. The number of benzene rings is 1. The molecule has 1 aliphatic heterocycles. The zero-order chi connectivity index (χ0) is 14.6. The van der Waals surface area contributed by atoms with E-state index in [-0.39, 0.29) is 11.2 Å². The fraction of sp³-hybridized carbons (Fsp3) is 0.611. The second kappa shape index (κ2) is 4.57. The van der Waals surface area contributed by atoms with Crippen LogP contribution >= 0.6 is 0 Å². The molecule has 2 bridgehead atoms. The summed E-state index contributed by atoms with van der Waals surface area (Å²) in [5.74, 6) is 0.888. The van der Waals surface area contributed by atoms with E-state index in [0.29, 0.717) is 11.6 Å². The lowest BCUT2D eigenvalue weighted by Crippen LogP contribution is -2.59. The number of aldehydes is 1. The third-order valence-corrected chi connectivity index (χ3v) is 6.38. The van der Waals surface area contributed by atoms with Gasteiger partial charge in [0.1, 0.15) is 5.75 Å². The molecule has 0 radical (unpaired) electrons. The van der Waals surface area contributed by atoms with Crippen LogP contribution in [0.3, 0.4) is 0 Å². The average molecular weight is 285 g/mol. The molecular weight excluding hydrogens is 262 g/mol. The Morgan fingerprint density at radius 2 is 2.19 bits per heavy atom. The molecule has 2 aliphatic carbocycles. The van der Waals surface area contributed by atoms with Crippen molar-refractivity contribution in [3.63, 3.8) is 0 Å². The minimum atomic E-state index is 0.167. The number of piperidine rings is 1. The summed E-state index contributed by atoms with van der Waals surface area (Å²) in [5, 5.41) is 10.2.